The highest BCUT2D eigenvalue weighted by molar-refractivity contribution is 5.51. The lowest BCUT2D eigenvalue weighted by Crippen LogP contribution is -2.30. The first kappa shape index (κ1) is 10.9. The summed E-state index contributed by atoms with van der Waals surface area (Å²) >= 11 is 0. The molecule has 2 heteroatoms. The van der Waals surface area contributed by atoms with E-state index in [0.29, 0.717) is 6.04 Å². The molecule has 0 saturated carbocycles. The van der Waals surface area contributed by atoms with Crippen LogP contribution >= 0.6 is 0 Å². The first-order chi connectivity index (χ1) is 6.39. The smallest absolute Gasteiger partial charge is 0.0343 e. The van der Waals surface area contributed by atoms with E-state index < -0.39 is 0 Å². The molecule has 1 aromatic carbocycles. The largest absolute Gasteiger partial charge is 0.399 e. The lowest BCUT2D eigenvalue weighted by Gasteiger charge is -2.29. The molecule has 1 unspecified atom stereocenters. The van der Waals surface area contributed by atoms with Gasteiger partial charge in [-0.3, -0.25) is 0 Å². The highest BCUT2D eigenvalue weighted by Gasteiger charge is 2.19. The van der Waals surface area contributed by atoms with Gasteiger partial charge in [-0.05, 0) is 36.6 Å². The quantitative estimate of drug-likeness (QED) is 0.706. The van der Waals surface area contributed by atoms with E-state index >= 15 is 0 Å². The maximum atomic E-state index is 5.62. The van der Waals surface area contributed by atoms with Crippen molar-refractivity contribution in [1.82, 2.24) is 0 Å². The number of hydrogen-bond acceptors (Lipinski definition) is 2. The van der Waals surface area contributed by atoms with Gasteiger partial charge in [-0.2, -0.15) is 0 Å². The van der Waals surface area contributed by atoms with Gasteiger partial charge in [0.2, 0.25) is 0 Å². The lowest BCUT2D eigenvalue weighted by molar-refractivity contribution is 0.359. The number of hydrogen-bond donors (Lipinski definition) is 2. The molecule has 14 heavy (non-hydrogen) atoms. The summed E-state index contributed by atoms with van der Waals surface area (Å²) in [4.78, 5) is 0. The summed E-state index contributed by atoms with van der Waals surface area (Å²) in [7, 11) is 0. The molecule has 0 aliphatic rings. The topological polar surface area (TPSA) is 38.0 Å². The van der Waals surface area contributed by atoms with Crippen molar-refractivity contribution in [3.63, 3.8) is 0 Å². The Hall–Kier alpha value is -1.18. The molecule has 1 atom stereocenters. The van der Waals surface area contributed by atoms with Crippen molar-refractivity contribution in [3.8, 4) is 0 Å². The molecule has 3 N–H and O–H groups in total. The summed E-state index contributed by atoms with van der Waals surface area (Å²) in [5, 5.41) is 3.45. The second-order valence-corrected chi connectivity index (χ2v) is 4.85. The number of nitrogens with one attached hydrogen (secondary N) is 1. The second kappa shape index (κ2) is 3.91. The summed E-state index contributed by atoms with van der Waals surface area (Å²) in [5.74, 6) is 0. The molecule has 78 valence electrons. The monoisotopic (exact) mass is 192 g/mol. The average Bonchev–Trinajstić information content (AvgIpc) is 2.07. The number of nitrogens with two attached hydrogens (primary N) is 1. The molecule has 0 saturated heterocycles. The van der Waals surface area contributed by atoms with E-state index in [-0.39, 0.29) is 5.41 Å². The molecule has 0 fully saturated rings. The Morgan fingerprint density at radius 1 is 1.14 bits per heavy atom. The van der Waals surface area contributed by atoms with Crippen LogP contribution in [0.25, 0.3) is 0 Å². The number of benzene rings is 1. The summed E-state index contributed by atoms with van der Waals surface area (Å²) in [6.07, 6.45) is 0. The Labute approximate surface area is 86.5 Å². The van der Waals surface area contributed by atoms with E-state index in [0.717, 1.165) is 11.4 Å². The number of anilines is 2. The van der Waals surface area contributed by atoms with Crippen LogP contribution in [0.5, 0.6) is 0 Å². The predicted octanol–water partition coefficient (Wildman–Crippen LogP) is 3.12. The molecule has 0 aromatic heterocycles. The molecule has 0 amide bonds. The number of nitrogen functional groups attached to an aromatic ring is 1. The predicted molar refractivity (Wildman–Crippen MR) is 63.4 cm³/mol. The van der Waals surface area contributed by atoms with E-state index in [1.807, 2.05) is 24.3 Å². The second-order valence-electron chi connectivity index (χ2n) is 4.85. The molecule has 0 aliphatic carbocycles. The van der Waals surface area contributed by atoms with Crippen molar-refractivity contribution in [2.24, 2.45) is 5.41 Å². The fourth-order valence-electron chi connectivity index (χ4n) is 1.05. The molecule has 0 bridgehead atoms. The Kier molecular flexibility index (Phi) is 3.04. The molecule has 2 nitrogen and oxygen atoms in total. The maximum Gasteiger partial charge on any atom is 0.0343 e. The standard InChI is InChI=1S/C12H20N2/c1-9(12(2,3)4)14-11-7-5-10(13)6-8-11/h5-9,14H,13H2,1-4H3. The Morgan fingerprint density at radius 3 is 2.07 bits per heavy atom. The van der Waals surface area contributed by atoms with Crippen LogP contribution < -0.4 is 11.1 Å². The van der Waals surface area contributed by atoms with Crippen LogP contribution in [0, 0.1) is 5.41 Å². The van der Waals surface area contributed by atoms with Gasteiger partial charge in [0.25, 0.3) is 0 Å². The summed E-state index contributed by atoms with van der Waals surface area (Å²) in [5.41, 5.74) is 7.81. The van der Waals surface area contributed by atoms with Crippen LogP contribution in [0.4, 0.5) is 11.4 Å². The Balaban J connectivity index is 2.65. The molecule has 1 aromatic rings. The van der Waals surface area contributed by atoms with Crippen molar-refractivity contribution in [1.29, 1.82) is 0 Å². The van der Waals surface area contributed by atoms with Crippen LogP contribution in [-0.2, 0) is 0 Å². The molecular formula is C12H20N2. The van der Waals surface area contributed by atoms with E-state index in [9.17, 15) is 0 Å². The van der Waals surface area contributed by atoms with Gasteiger partial charge < -0.3 is 11.1 Å². The zero-order chi connectivity index (χ0) is 10.8. The van der Waals surface area contributed by atoms with Crippen LogP contribution in [-0.4, -0.2) is 6.04 Å². The fraction of sp³-hybridized carbons (Fsp3) is 0.500. The Bertz CT molecular complexity index is 282. The fourth-order valence-corrected chi connectivity index (χ4v) is 1.05. The van der Waals surface area contributed by atoms with Gasteiger partial charge in [-0.15, -0.1) is 0 Å². The third-order valence-electron chi connectivity index (χ3n) is 2.59. The van der Waals surface area contributed by atoms with Crippen molar-refractivity contribution < 1.29 is 0 Å². The normalized spacial score (nSPS) is 13.7. The van der Waals surface area contributed by atoms with Gasteiger partial charge in [0.05, 0.1) is 0 Å². The van der Waals surface area contributed by atoms with Gasteiger partial charge in [0.1, 0.15) is 0 Å². The third kappa shape index (κ3) is 2.95. The van der Waals surface area contributed by atoms with Crippen LogP contribution in [0.1, 0.15) is 27.7 Å². The minimum Gasteiger partial charge on any atom is -0.399 e. The first-order valence-electron chi connectivity index (χ1n) is 5.01. The van der Waals surface area contributed by atoms with Crippen molar-refractivity contribution in [2.45, 2.75) is 33.7 Å². The molecule has 1 rings (SSSR count). The molecule has 0 radical (unpaired) electrons. The maximum absolute atomic E-state index is 5.62. The van der Waals surface area contributed by atoms with Gasteiger partial charge in [-0.25, -0.2) is 0 Å². The summed E-state index contributed by atoms with van der Waals surface area (Å²) in [6.45, 7) is 8.86. The summed E-state index contributed by atoms with van der Waals surface area (Å²) in [6, 6.07) is 8.29. The van der Waals surface area contributed by atoms with Crippen molar-refractivity contribution in [2.75, 3.05) is 11.1 Å². The van der Waals surface area contributed by atoms with Gasteiger partial charge in [-0.1, -0.05) is 20.8 Å². The average molecular weight is 192 g/mol. The van der Waals surface area contributed by atoms with Crippen molar-refractivity contribution in [3.05, 3.63) is 24.3 Å². The molecule has 0 heterocycles. The van der Waals surface area contributed by atoms with Crippen LogP contribution in [0.3, 0.4) is 0 Å². The SMILES string of the molecule is CC(Nc1ccc(N)cc1)C(C)(C)C. The minimum absolute atomic E-state index is 0.265. The Morgan fingerprint density at radius 2 is 1.64 bits per heavy atom. The summed E-state index contributed by atoms with van der Waals surface area (Å²) < 4.78 is 0. The van der Waals surface area contributed by atoms with E-state index in [2.05, 4.69) is 33.0 Å². The van der Waals surface area contributed by atoms with Gasteiger partial charge in [0, 0.05) is 17.4 Å². The molecular weight excluding hydrogens is 172 g/mol. The van der Waals surface area contributed by atoms with Gasteiger partial charge >= 0.3 is 0 Å². The molecule has 0 spiro atoms. The molecule has 0 aliphatic heterocycles. The van der Waals surface area contributed by atoms with Crippen molar-refractivity contribution >= 4 is 11.4 Å². The van der Waals surface area contributed by atoms with Gasteiger partial charge in [0.15, 0.2) is 0 Å². The van der Waals surface area contributed by atoms with E-state index in [1.54, 1.807) is 0 Å². The zero-order valence-corrected chi connectivity index (χ0v) is 9.46. The highest BCUT2D eigenvalue weighted by atomic mass is 14.9. The highest BCUT2D eigenvalue weighted by Crippen LogP contribution is 2.22. The lowest BCUT2D eigenvalue weighted by atomic mass is 9.88. The van der Waals surface area contributed by atoms with Crippen LogP contribution in [0.15, 0.2) is 24.3 Å². The minimum atomic E-state index is 0.265. The van der Waals surface area contributed by atoms with E-state index in [1.165, 1.54) is 0 Å². The van der Waals surface area contributed by atoms with Crippen LogP contribution in [0.2, 0.25) is 0 Å². The third-order valence-corrected chi connectivity index (χ3v) is 2.59. The zero-order valence-electron chi connectivity index (χ0n) is 9.46. The number of rotatable bonds is 2. The van der Waals surface area contributed by atoms with E-state index in [4.69, 9.17) is 5.73 Å². The first-order valence-corrected chi connectivity index (χ1v) is 5.01.